The molecule has 0 saturated carbocycles. The van der Waals surface area contributed by atoms with Gasteiger partial charge in [0, 0.05) is 44.8 Å². The number of ether oxygens (including phenoxy) is 1. The van der Waals surface area contributed by atoms with Crippen molar-refractivity contribution in [1.29, 1.82) is 0 Å². The van der Waals surface area contributed by atoms with Gasteiger partial charge in [-0.05, 0) is 39.2 Å². The van der Waals surface area contributed by atoms with E-state index < -0.39 is 0 Å². The van der Waals surface area contributed by atoms with E-state index in [9.17, 15) is 0 Å². The Morgan fingerprint density at radius 1 is 1.27 bits per heavy atom. The zero-order chi connectivity index (χ0) is 17.6. The molecule has 1 atom stereocenters. The number of hydrogen-bond donors (Lipinski definition) is 1. The van der Waals surface area contributed by atoms with Gasteiger partial charge < -0.3 is 19.4 Å². The summed E-state index contributed by atoms with van der Waals surface area (Å²) in [6.45, 7) is 15.0. The van der Waals surface area contributed by atoms with Gasteiger partial charge in [0.05, 0.1) is 19.8 Å². The average Bonchev–Trinajstić information content (AvgIpc) is 3.18. The second kappa shape index (κ2) is 10.5. The Morgan fingerprint density at radius 3 is 2.69 bits per heavy atom. The molecule has 6 nitrogen and oxygen atoms in total. The predicted molar refractivity (Wildman–Crippen MR) is 115 cm³/mol. The van der Waals surface area contributed by atoms with Crippen molar-refractivity contribution < 1.29 is 9.15 Å². The summed E-state index contributed by atoms with van der Waals surface area (Å²) in [5, 5.41) is 3.46. The maximum absolute atomic E-state index is 5.61. The van der Waals surface area contributed by atoms with E-state index in [1.807, 2.05) is 13.8 Å². The number of rotatable bonds is 5. The van der Waals surface area contributed by atoms with Gasteiger partial charge in [-0.1, -0.05) is 0 Å². The van der Waals surface area contributed by atoms with E-state index in [4.69, 9.17) is 14.1 Å². The highest BCUT2D eigenvalue weighted by Crippen LogP contribution is 2.19. The molecule has 0 bridgehead atoms. The van der Waals surface area contributed by atoms with Crippen LogP contribution in [-0.2, 0) is 11.3 Å². The maximum Gasteiger partial charge on any atom is 0.194 e. The largest absolute Gasteiger partial charge is 0.466 e. The smallest absolute Gasteiger partial charge is 0.194 e. The molecule has 3 rings (SSSR count). The fourth-order valence-electron chi connectivity index (χ4n) is 3.75. The van der Waals surface area contributed by atoms with Crippen molar-refractivity contribution in [3.8, 4) is 0 Å². The molecule has 2 aliphatic rings. The van der Waals surface area contributed by atoms with Crippen LogP contribution in [0.2, 0.25) is 0 Å². The summed E-state index contributed by atoms with van der Waals surface area (Å²) in [7, 11) is 0. The van der Waals surface area contributed by atoms with Crippen molar-refractivity contribution in [1.82, 2.24) is 15.1 Å². The van der Waals surface area contributed by atoms with E-state index in [0.717, 1.165) is 69.3 Å². The van der Waals surface area contributed by atoms with Crippen LogP contribution in [0.1, 0.15) is 30.4 Å². The monoisotopic (exact) mass is 476 g/mol. The molecule has 1 aromatic heterocycles. The van der Waals surface area contributed by atoms with Crippen molar-refractivity contribution in [3.05, 3.63) is 23.2 Å². The van der Waals surface area contributed by atoms with Crippen LogP contribution in [0.25, 0.3) is 0 Å². The first-order valence-corrected chi connectivity index (χ1v) is 9.55. The molecule has 0 radical (unpaired) electrons. The molecule has 2 saturated heterocycles. The minimum absolute atomic E-state index is 0. The van der Waals surface area contributed by atoms with Gasteiger partial charge in [-0.3, -0.25) is 4.90 Å². The van der Waals surface area contributed by atoms with Crippen LogP contribution in [0.15, 0.2) is 15.5 Å². The quantitative estimate of drug-likeness (QED) is 0.403. The fraction of sp³-hybridized carbons (Fsp3) is 0.737. The van der Waals surface area contributed by atoms with Crippen LogP contribution in [0, 0.1) is 19.8 Å². The van der Waals surface area contributed by atoms with Gasteiger partial charge in [0.1, 0.15) is 11.5 Å². The lowest BCUT2D eigenvalue weighted by atomic mass is 10.1. The highest BCUT2D eigenvalue weighted by Gasteiger charge is 2.27. The number of morpholine rings is 1. The number of hydrogen-bond acceptors (Lipinski definition) is 4. The third-order valence-corrected chi connectivity index (χ3v) is 5.08. The highest BCUT2D eigenvalue weighted by atomic mass is 127. The Morgan fingerprint density at radius 2 is 2.04 bits per heavy atom. The lowest BCUT2D eigenvalue weighted by Gasteiger charge is -2.29. The Kier molecular flexibility index (Phi) is 8.69. The van der Waals surface area contributed by atoms with E-state index >= 15 is 0 Å². The Bertz CT molecular complexity index is 584. The highest BCUT2D eigenvalue weighted by molar-refractivity contribution is 14.0. The topological polar surface area (TPSA) is 53.2 Å². The third-order valence-electron chi connectivity index (χ3n) is 5.08. The first-order valence-electron chi connectivity index (χ1n) is 9.55. The van der Waals surface area contributed by atoms with Crippen LogP contribution in [0.4, 0.5) is 0 Å². The van der Waals surface area contributed by atoms with Gasteiger partial charge in [-0.25, -0.2) is 4.99 Å². The Balaban J connectivity index is 0.00000243. The van der Waals surface area contributed by atoms with E-state index in [-0.39, 0.29) is 24.0 Å². The molecule has 0 aliphatic carbocycles. The van der Waals surface area contributed by atoms with Crippen LogP contribution in [-0.4, -0.2) is 68.2 Å². The molecule has 26 heavy (non-hydrogen) atoms. The summed E-state index contributed by atoms with van der Waals surface area (Å²) in [6.07, 6.45) is 1.24. The molecule has 1 unspecified atom stereocenters. The van der Waals surface area contributed by atoms with Crippen molar-refractivity contribution in [3.63, 3.8) is 0 Å². The molecular weight excluding hydrogens is 443 g/mol. The lowest BCUT2D eigenvalue weighted by molar-refractivity contribution is 0.0315. The van der Waals surface area contributed by atoms with Crippen molar-refractivity contribution in [2.75, 3.05) is 52.5 Å². The fourth-order valence-corrected chi connectivity index (χ4v) is 3.75. The third kappa shape index (κ3) is 5.85. The van der Waals surface area contributed by atoms with Gasteiger partial charge in [-0.15, -0.1) is 24.0 Å². The zero-order valence-corrected chi connectivity index (χ0v) is 18.6. The number of aryl methyl sites for hydroxylation is 2. The van der Waals surface area contributed by atoms with E-state index in [2.05, 4.69) is 28.1 Å². The number of nitrogens with one attached hydrogen (secondary N) is 1. The van der Waals surface area contributed by atoms with Gasteiger partial charge in [0.15, 0.2) is 5.96 Å². The lowest BCUT2D eigenvalue weighted by Crippen LogP contribution is -2.42. The minimum Gasteiger partial charge on any atom is -0.466 e. The molecule has 148 valence electrons. The summed E-state index contributed by atoms with van der Waals surface area (Å²) in [6, 6.07) is 2.09. The number of nitrogens with zero attached hydrogens (tertiary/aromatic N) is 3. The SMILES string of the molecule is CCNC(=NCc1cc(C)oc1C)N1CCC(CN2CCOCC2)C1.I. The van der Waals surface area contributed by atoms with Gasteiger partial charge in [0.25, 0.3) is 0 Å². The molecule has 2 fully saturated rings. The number of guanidine groups is 1. The molecule has 0 amide bonds. The Labute approximate surface area is 174 Å². The van der Waals surface area contributed by atoms with Gasteiger partial charge in [0.2, 0.25) is 0 Å². The molecular formula is C19H33IN4O2. The van der Waals surface area contributed by atoms with Gasteiger partial charge in [-0.2, -0.15) is 0 Å². The summed E-state index contributed by atoms with van der Waals surface area (Å²) in [5.74, 6) is 3.69. The number of furan rings is 1. The second-order valence-corrected chi connectivity index (χ2v) is 7.12. The normalized spacial score (nSPS) is 21.7. The summed E-state index contributed by atoms with van der Waals surface area (Å²) < 4.78 is 11.1. The first-order chi connectivity index (χ1) is 12.2. The van der Waals surface area contributed by atoms with Crippen LogP contribution in [0.3, 0.4) is 0 Å². The summed E-state index contributed by atoms with van der Waals surface area (Å²) >= 11 is 0. The standard InChI is InChI=1S/C19H32N4O2.HI/c1-4-20-19(21-12-18-11-15(2)25-16(18)3)23-6-5-17(14-23)13-22-7-9-24-10-8-22;/h11,17H,4-10,12-14H2,1-3H3,(H,20,21);1H. The minimum atomic E-state index is 0. The molecule has 1 N–H and O–H groups in total. The van der Waals surface area contributed by atoms with Crippen LogP contribution in [0.5, 0.6) is 0 Å². The zero-order valence-electron chi connectivity index (χ0n) is 16.3. The van der Waals surface area contributed by atoms with E-state index in [1.54, 1.807) is 0 Å². The average molecular weight is 476 g/mol. The predicted octanol–water partition coefficient (Wildman–Crippen LogP) is 2.63. The second-order valence-electron chi connectivity index (χ2n) is 7.12. The van der Waals surface area contributed by atoms with E-state index in [0.29, 0.717) is 6.54 Å². The van der Waals surface area contributed by atoms with Crippen molar-refractivity contribution in [2.45, 2.75) is 33.7 Å². The van der Waals surface area contributed by atoms with Gasteiger partial charge >= 0.3 is 0 Å². The summed E-state index contributed by atoms with van der Waals surface area (Å²) in [4.78, 5) is 9.81. The molecule has 0 spiro atoms. The first kappa shape index (κ1) is 21.5. The molecule has 7 heteroatoms. The van der Waals surface area contributed by atoms with E-state index in [1.165, 1.54) is 18.5 Å². The number of halogens is 1. The molecule has 0 aromatic carbocycles. The molecule has 2 aliphatic heterocycles. The van der Waals surface area contributed by atoms with Crippen LogP contribution >= 0.6 is 24.0 Å². The molecule has 1 aromatic rings. The van der Waals surface area contributed by atoms with Crippen LogP contribution < -0.4 is 5.32 Å². The number of likely N-dealkylation sites (tertiary alicyclic amines) is 1. The Hall–Kier alpha value is -0.800. The number of aliphatic imine (C=N–C) groups is 1. The maximum atomic E-state index is 5.61. The molecule has 3 heterocycles. The van der Waals surface area contributed by atoms with Crippen molar-refractivity contribution in [2.24, 2.45) is 10.9 Å². The van der Waals surface area contributed by atoms with Crippen molar-refractivity contribution >= 4 is 29.9 Å². The summed E-state index contributed by atoms with van der Waals surface area (Å²) in [5.41, 5.74) is 1.18.